The molecule has 0 unspecified atom stereocenters. The van der Waals surface area contributed by atoms with Gasteiger partial charge in [-0.25, -0.2) is 0 Å². The third kappa shape index (κ3) is 3.77. The number of rotatable bonds is 6. The van der Waals surface area contributed by atoms with Crippen molar-refractivity contribution in [3.63, 3.8) is 0 Å². The lowest BCUT2D eigenvalue weighted by Gasteiger charge is -2.57. The second kappa shape index (κ2) is 7.67. The van der Waals surface area contributed by atoms with Crippen LogP contribution in [-0.4, -0.2) is 27.0 Å². The Labute approximate surface area is 183 Å². The zero-order valence-electron chi connectivity index (χ0n) is 17.8. The summed E-state index contributed by atoms with van der Waals surface area (Å²) in [4.78, 5) is 15.3. The van der Waals surface area contributed by atoms with Gasteiger partial charge in [0.15, 0.2) is 0 Å². The zero-order chi connectivity index (χ0) is 20.9. The fourth-order valence-electron chi connectivity index (χ4n) is 6.69. The number of halogens is 1. The van der Waals surface area contributed by atoms with Gasteiger partial charge in [0.25, 0.3) is 0 Å². The highest BCUT2D eigenvalue weighted by atomic mass is 35.5. The lowest BCUT2D eigenvalue weighted by molar-refractivity contribution is -0.142. The van der Waals surface area contributed by atoms with Crippen LogP contribution in [0.4, 0.5) is 0 Å². The molecule has 1 aromatic carbocycles. The molecule has 4 fully saturated rings. The molecule has 4 aliphatic rings. The number of carbonyl (C=O) groups excluding carboxylic acids is 1. The van der Waals surface area contributed by atoms with Crippen LogP contribution in [0.2, 0.25) is 5.02 Å². The molecule has 1 amide bonds. The number of hydrogen-bond donors (Lipinski definition) is 0. The predicted molar refractivity (Wildman–Crippen MR) is 116 cm³/mol. The minimum Gasteiger partial charge on any atom is -0.419 e. The van der Waals surface area contributed by atoms with Crippen LogP contribution in [0.1, 0.15) is 64.7 Å². The highest BCUT2D eigenvalue weighted by Crippen LogP contribution is 2.61. The van der Waals surface area contributed by atoms with Crippen LogP contribution in [0.25, 0.3) is 11.5 Å². The topological polar surface area (TPSA) is 59.2 Å². The predicted octanol–water partition coefficient (Wildman–Crippen LogP) is 5.73. The van der Waals surface area contributed by atoms with Crippen molar-refractivity contribution in [2.75, 3.05) is 0 Å². The third-order valence-corrected chi connectivity index (χ3v) is 7.84. The molecule has 5 nitrogen and oxygen atoms in total. The molecule has 0 N–H and O–H groups in total. The van der Waals surface area contributed by atoms with Gasteiger partial charge in [-0.1, -0.05) is 23.7 Å². The molecule has 0 atom stereocenters. The van der Waals surface area contributed by atoms with Gasteiger partial charge < -0.3 is 9.32 Å². The van der Waals surface area contributed by atoms with Crippen LogP contribution in [0.5, 0.6) is 0 Å². The Bertz CT molecular complexity index is 903. The quantitative estimate of drug-likeness (QED) is 0.590. The molecule has 0 aliphatic heterocycles. The first kappa shape index (κ1) is 20.0. The fourth-order valence-corrected chi connectivity index (χ4v) is 6.91. The average Bonchev–Trinajstić information content (AvgIpc) is 3.13. The van der Waals surface area contributed by atoms with E-state index < -0.39 is 0 Å². The van der Waals surface area contributed by atoms with Gasteiger partial charge in [-0.2, -0.15) is 0 Å². The Balaban J connectivity index is 1.30. The summed E-state index contributed by atoms with van der Waals surface area (Å²) in [5, 5.41) is 8.93. The summed E-state index contributed by atoms with van der Waals surface area (Å²) in [7, 11) is 0. The van der Waals surface area contributed by atoms with E-state index in [0.717, 1.165) is 17.8 Å². The highest BCUT2D eigenvalue weighted by Gasteiger charge is 2.51. The molecule has 160 valence electrons. The summed E-state index contributed by atoms with van der Waals surface area (Å²) < 4.78 is 5.87. The Hall–Kier alpha value is -1.88. The van der Waals surface area contributed by atoms with Crippen LogP contribution in [0, 0.1) is 23.2 Å². The molecule has 4 saturated carbocycles. The van der Waals surface area contributed by atoms with E-state index in [-0.39, 0.29) is 17.4 Å². The molecular formula is C24H30ClN3O2. The summed E-state index contributed by atoms with van der Waals surface area (Å²) >= 11 is 6.25. The minimum atomic E-state index is 0.0853. The standard InChI is InChI=1S/C24H30ClN3O2/c1-15(2)28(14-21-26-27-23(30-21)19-5-3-4-6-20(19)25)22(29)13-24-10-16-7-17(11-24)9-18(8-16)12-24/h3-6,15-18H,7-14H2,1-2H3. The number of nitrogens with zero attached hydrogens (tertiary/aromatic N) is 3. The molecule has 1 heterocycles. The lowest BCUT2D eigenvalue weighted by atomic mass is 9.49. The van der Waals surface area contributed by atoms with Gasteiger partial charge in [-0.05, 0) is 87.7 Å². The van der Waals surface area contributed by atoms with E-state index in [1.807, 2.05) is 23.1 Å². The maximum atomic E-state index is 13.4. The number of amides is 1. The van der Waals surface area contributed by atoms with E-state index in [2.05, 4.69) is 24.0 Å². The van der Waals surface area contributed by atoms with Crippen molar-refractivity contribution < 1.29 is 9.21 Å². The normalized spacial score (nSPS) is 29.5. The summed E-state index contributed by atoms with van der Waals surface area (Å²) in [6.45, 7) is 4.46. The van der Waals surface area contributed by atoms with Crippen molar-refractivity contribution in [1.82, 2.24) is 15.1 Å². The first-order valence-electron chi connectivity index (χ1n) is 11.3. The number of carbonyl (C=O) groups is 1. The van der Waals surface area contributed by atoms with Gasteiger partial charge in [-0.15, -0.1) is 10.2 Å². The Morgan fingerprint density at radius 3 is 2.37 bits per heavy atom. The Morgan fingerprint density at radius 2 is 1.77 bits per heavy atom. The van der Waals surface area contributed by atoms with Crippen molar-refractivity contribution in [3.8, 4) is 11.5 Å². The van der Waals surface area contributed by atoms with E-state index in [1.54, 1.807) is 6.07 Å². The van der Waals surface area contributed by atoms with Gasteiger partial charge in [-0.3, -0.25) is 4.79 Å². The van der Waals surface area contributed by atoms with Crippen LogP contribution in [-0.2, 0) is 11.3 Å². The second-order valence-corrected chi connectivity index (χ2v) is 10.6. The molecule has 30 heavy (non-hydrogen) atoms. The lowest BCUT2D eigenvalue weighted by Crippen LogP contribution is -2.49. The second-order valence-electron chi connectivity index (χ2n) is 10.2. The van der Waals surface area contributed by atoms with Crippen molar-refractivity contribution >= 4 is 17.5 Å². The number of hydrogen-bond acceptors (Lipinski definition) is 4. The average molecular weight is 428 g/mol. The summed E-state index contributed by atoms with van der Waals surface area (Å²) in [5.74, 6) is 3.64. The number of benzene rings is 1. The molecule has 0 radical (unpaired) electrons. The third-order valence-electron chi connectivity index (χ3n) is 7.51. The molecule has 6 heteroatoms. The first-order valence-corrected chi connectivity index (χ1v) is 11.7. The van der Waals surface area contributed by atoms with E-state index in [9.17, 15) is 4.79 Å². The summed E-state index contributed by atoms with van der Waals surface area (Å²) in [5.41, 5.74) is 0.949. The van der Waals surface area contributed by atoms with Gasteiger partial charge in [0, 0.05) is 12.5 Å². The monoisotopic (exact) mass is 427 g/mol. The van der Waals surface area contributed by atoms with Crippen molar-refractivity contribution in [3.05, 3.63) is 35.2 Å². The van der Waals surface area contributed by atoms with Crippen molar-refractivity contribution in [1.29, 1.82) is 0 Å². The number of aromatic nitrogens is 2. The smallest absolute Gasteiger partial charge is 0.249 e. The molecular weight excluding hydrogens is 398 g/mol. The van der Waals surface area contributed by atoms with E-state index in [1.165, 1.54) is 38.5 Å². The van der Waals surface area contributed by atoms with Gasteiger partial charge in [0.1, 0.15) is 0 Å². The fraction of sp³-hybridized carbons (Fsp3) is 0.625. The molecule has 4 aliphatic carbocycles. The van der Waals surface area contributed by atoms with Crippen molar-refractivity contribution in [2.45, 2.75) is 71.4 Å². The van der Waals surface area contributed by atoms with E-state index in [4.69, 9.17) is 16.0 Å². The Kier molecular flexibility index (Phi) is 5.12. The summed E-state index contributed by atoms with van der Waals surface area (Å²) in [6.07, 6.45) is 8.59. The van der Waals surface area contributed by atoms with Crippen LogP contribution in [0.3, 0.4) is 0 Å². The molecule has 2 aromatic rings. The van der Waals surface area contributed by atoms with Gasteiger partial charge in [0.05, 0.1) is 17.1 Å². The molecule has 0 saturated heterocycles. The molecule has 0 spiro atoms. The zero-order valence-corrected chi connectivity index (χ0v) is 18.6. The van der Waals surface area contributed by atoms with E-state index in [0.29, 0.717) is 35.3 Å². The van der Waals surface area contributed by atoms with Gasteiger partial charge >= 0.3 is 0 Å². The molecule has 6 rings (SSSR count). The van der Waals surface area contributed by atoms with Crippen LogP contribution < -0.4 is 0 Å². The minimum absolute atomic E-state index is 0.0853. The molecule has 4 bridgehead atoms. The van der Waals surface area contributed by atoms with Crippen molar-refractivity contribution in [2.24, 2.45) is 23.2 Å². The first-order chi connectivity index (χ1) is 14.4. The maximum absolute atomic E-state index is 13.4. The van der Waals surface area contributed by atoms with E-state index >= 15 is 0 Å². The van der Waals surface area contributed by atoms with Crippen LogP contribution in [0.15, 0.2) is 28.7 Å². The maximum Gasteiger partial charge on any atom is 0.249 e. The highest BCUT2D eigenvalue weighted by molar-refractivity contribution is 6.33. The SMILES string of the molecule is CC(C)N(Cc1nnc(-c2ccccc2Cl)o1)C(=O)CC12CC3CC(CC(C3)C1)C2. The van der Waals surface area contributed by atoms with Gasteiger partial charge in [0.2, 0.25) is 17.7 Å². The summed E-state index contributed by atoms with van der Waals surface area (Å²) in [6, 6.07) is 7.50. The van der Waals surface area contributed by atoms with Crippen LogP contribution >= 0.6 is 11.6 Å². The molecule has 1 aromatic heterocycles. The Morgan fingerprint density at radius 1 is 1.13 bits per heavy atom. The largest absolute Gasteiger partial charge is 0.419 e.